The number of hydrogen-bond donors (Lipinski definition) is 3. The maximum atomic E-state index is 10.6. The fourth-order valence-electron chi connectivity index (χ4n) is 2.18. The number of phenols is 1. The number of carbonyl (C=O) groups is 4. The summed E-state index contributed by atoms with van der Waals surface area (Å²) in [5.41, 5.74) is 2.06. The van der Waals surface area contributed by atoms with Crippen molar-refractivity contribution in [3.8, 4) is 5.75 Å². The van der Waals surface area contributed by atoms with Crippen molar-refractivity contribution in [1.82, 2.24) is 0 Å². The second kappa shape index (κ2) is 13.8. The van der Waals surface area contributed by atoms with Crippen molar-refractivity contribution >= 4 is 40.6 Å². The van der Waals surface area contributed by atoms with E-state index in [4.69, 9.17) is 5.11 Å². The molecule has 8 heteroatoms. The summed E-state index contributed by atoms with van der Waals surface area (Å²) in [6.07, 6.45) is 5.79. The number of aliphatic imine (C=N–C) groups is 1. The molecule has 2 aromatic carbocycles. The van der Waals surface area contributed by atoms with E-state index < -0.39 is 0 Å². The molecule has 1 aliphatic rings. The molecule has 3 rings (SSSR count). The third-order valence-corrected chi connectivity index (χ3v) is 3.41. The average molecular weight is 435 g/mol. The van der Waals surface area contributed by atoms with Gasteiger partial charge < -0.3 is 15.7 Å². The van der Waals surface area contributed by atoms with E-state index in [1.807, 2.05) is 30.3 Å². The van der Waals surface area contributed by atoms with E-state index in [-0.39, 0.29) is 29.3 Å². The molecule has 3 amide bonds. The molecule has 0 aromatic heterocycles. The highest BCUT2D eigenvalue weighted by atomic mass is 16.3. The van der Waals surface area contributed by atoms with Gasteiger partial charge in [0.1, 0.15) is 5.75 Å². The molecule has 0 aliphatic heterocycles. The van der Waals surface area contributed by atoms with E-state index in [1.165, 1.54) is 57.2 Å². The Morgan fingerprint density at radius 3 is 1.62 bits per heavy atom. The zero-order chi connectivity index (χ0) is 23.9. The minimum Gasteiger partial charge on any atom is -0.508 e. The minimum atomic E-state index is -0.261. The van der Waals surface area contributed by atoms with Gasteiger partial charge in [0.05, 0.1) is 5.71 Å². The Morgan fingerprint density at radius 1 is 0.719 bits per heavy atom. The van der Waals surface area contributed by atoms with Gasteiger partial charge in [-0.15, -0.1) is 0 Å². The highest BCUT2D eigenvalue weighted by molar-refractivity contribution is 6.18. The summed E-state index contributed by atoms with van der Waals surface area (Å²) in [6, 6.07) is 15.7. The van der Waals surface area contributed by atoms with Gasteiger partial charge in [-0.05, 0) is 60.7 Å². The molecule has 0 spiro atoms. The van der Waals surface area contributed by atoms with Crippen molar-refractivity contribution in [2.24, 2.45) is 4.99 Å². The van der Waals surface area contributed by atoms with Crippen LogP contribution in [-0.4, -0.2) is 34.3 Å². The summed E-state index contributed by atoms with van der Waals surface area (Å²) in [6.45, 7) is 4.30. The number of nitrogens with zero attached hydrogens (tertiary/aromatic N) is 1. The van der Waals surface area contributed by atoms with E-state index in [9.17, 15) is 19.2 Å². The second-order valence-electron chi connectivity index (χ2n) is 6.40. The Bertz CT molecular complexity index is 1010. The Balaban J connectivity index is 0.000000240. The van der Waals surface area contributed by atoms with Crippen LogP contribution in [0.1, 0.15) is 20.8 Å². The molecule has 3 N–H and O–H groups in total. The van der Waals surface area contributed by atoms with Crippen molar-refractivity contribution in [3.63, 3.8) is 0 Å². The Morgan fingerprint density at radius 2 is 1.19 bits per heavy atom. The molecule has 0 radical (unpaired) electrons. The molecule has 2 aromatic rings. The number of anilines is 2. The van der Waals surface area contributed by atoms with Crippen molar-refractivity contribution in [3.05, 3.63) is 78.9 Å². The zero-order valence-corrected chi connectivity index (χ0v) is 18.0. The maximum Gasteiger partial charge on any atom is 0.243 e. The van der Waals surface area contributed by atoms with Crippen LogP contribution >= 0.6 is 0 Å². The lowest BCUT2D eigenvalue weighted by Crippen LogP contribution is -2.04. The van der Waals surface area contributed by atoms with Crippen molar-refractivity contribution in [2.75, 3.05) is 10.6 Å². The number of amides is 3. The lowest BCUT2D eigenvalue weighted by atomic mass is 10.2. The molecule has 32 heavy (non-hydrogen) atoms. The number of para-hydroxylation sites is 1. The van der Waals surface area contributed by atoms with Crippen LogP contribution in [0.5, 0.6) is 5.75 Å². The number of ketones is 1. The molecule has 0 unspecified atom stereocenters. The monoisotopic (exact) mass is 435 g/mol. The largest absolute Gasteiger partial charge is 0.508 e. The topological polar surface area (TPSA) is 125 Å². The first-order chi connectivity index (χ1) is 15.2. The van der Waals surface area contributed by atoms with Gasteiger partial charge in [0.25, 0.3) is 0 Å². The Labute approximate surface area is 186 Å². The number of benzene rings is 2. The number of phenolic OH excluding ortho intramolecular Hbond substituents is 1. The van der Waals surface area contributed by atoms with Gasteiger partial charge in [-0.1, -0.05) is 18.2 Å². The number of nitrogens with one attached hydrogen (secondary N) is 2. The van der Waals surface area contributed by atoms with Crippen LogP contribution in [0.3, 0.4) is 0 Å². The van der Waals surface area contributed by atoms with Gasteiger partial charge in [-0.3, -0.25) is 19.2 Å². The molecule has 0 saturated heterocycles. The summed E-state index contributed by atoms with van der Waals surface area (Å²) in [5, 5.41) is 14.1. The van der Waals surface area contributed by atoms with Gasteiger partial charge in [-0.2, -0.15) is 0 Å². The van der Waals surface area contributed by atoms with Crippen LogP contribution in [0, 0.1) is 0 Å². The fraction of sp³-hybridized carbons (Fsp3) is 0.125. The van der Waals surface area contributed by atoms with Crippen LogP contribution in [0.2, 0.25) is 0 Å². The Kier molecular flexibility index (Phi) is 11.1. The zero-order valence-electron chi connectivity index (χ0n) is 18.0. The van der Waals surface area contributed by atoms with E-state index >= 15 is 0 Å². The summed E-state index contributed by atoms with van der Waals surface area (Å²) in [5.74, 6) is -0.294. The number of carbonyl (C=O) groups excluding carboxylic acids is 4. The van der Waals surface area contributed by atoms with Crippen molar-refractivity contribution in [1.29, 1.82) is 0 Å². The molecule has 1 aliphatic carbocycles. The fourth-order valence-corrected chi connectivity index (χ4v) is 2.18. The molecule has 0 fully saturated rings. The first kappa shape index (κ1) is 25.7. The minimum absolute atomic E-state index is 0.0359. The lowest BCUT2D eigenvalue weighted by molar-refractivity contribution is -0.116. The van der Waals surface area contributed by atoms with Crippen LogP contribution < -0.4 is 10.6 Å². The predicted octanol–water partition coefficient (Wildman–Crippen LogP) is 3.66. The normalized spacial score (nSPS) is 11.2. The molecule has 8 nitrogen and oxygen atoms in total. The molecule has 0 saturated carbocycles. The third kappa shape index (κ3) is 12.3. The van der Waals surface area contributed by atoms with Crippen LogP contribution in [0.15, 0.2) is 83.9 Å². The molecular formula is C24H25N3O5. The lowest BCUT2D eigenvalue weighted by Gasteiger charge is -1.99. The number of rotatable bonds is 2. The van der Waals surface area contributed by atoms with Gasteiger partial charge >= 0.3 is 0 Å². The predicted molar refractivity (Wildman–Crippen MR) is 125 cm³/mol. The smallest absolute Gasteiger partial charge is 0.243 e. The van der Waals surface area contributed by atoms with Gasteiger partial charge in [0, 0.05) is 32.1 Å². The van der Waals surface area contributed by atoms with E-state index in [0.717, 1.165) is 5.69 Å². The molecule has 0 atom stereocenters. The molecular weight excluding hydrogens is 410 g/mol. The maximum absolute atomic E-state index is 10.6. The number of aromatic hydroxyl groups is 1. The van der Waals surface area contributed by atoms with Gasteiger partial charge in [0.2, 0.25) is 17.7 Å². The summed E-state index contributed by atoms with van der Waals surface area (Å²) >= 11 is 0. The number of hydrogen-bond acceptors (Lipinski definition) is 5. The second-order valence-corrected chi connectivity index (χ2v) is 6.40. The van der Waals surface area contributed by atoms with E-state index in [1.54, 1.807) is 12.1 Å². The molecule has 0 heterocycles. The molecule has 0 bridgehead atoms. The van der Waals surface area contributed by atoms with E-state index in [0.29, 0.717) is 11.4 Å². The highest BCUT2D eigenvalue weighted by Gasteiger charge is 1.99. The number of allylic oxidation sites excluding steroid dienone is 4. The SMILES string of the molecule is CC(=O)N=C1C=CC(=O)C=C1.CC(=O)Nc1ccc(O)cc1.CC(=O)Nc1ccccc1. The van der Waals surface area contributed by atoms with Crippen LogP contribution in [-0.2, 0) is 19.2 Å². The van der Waals surface area contributed by atoms with Crippen LogP contribution in [0.25, 0.3) is 0 Å². The van der Waals surface area contributed by atoms with Gasteiger partial charge in [-0.25, -0.2) is 4.99 Å². The molecule has 166 valence electrons. The Hall–Kier alpha value is -4.33. The highest BCUT2D eigenvalue weighted by Crippen LogP contribution is 2.13. The quantitative estimate of drug-likeness (QED) is 0.490. The summed E-state index contributed by atoms with van der Waals surface area (Å²) in [7, 11) is 0. The van der Waals surface area contributed by atoms with Gasteiger partial charge in [0.15, 0.2) is 5.78 Å². The average Bonchev–Trinajstić information content (AvgIpc) is 2.72. The first-order valence-corrected chi connectivity index (χ1v) is 9.54. The first-order valence-electron chi connectivity index (χ1n) is 9.54. The van der Waals surface area contributed by atoms with Crippen molar-refractivity contribution in [2.45, 2.75) is 20.8 Å². The van der Waals surface area contributed by atoms with Crippen LogP contribution in [0.4, 0.5) is 11.4 Å². The summed E-state index contributed by atoms with van der Waals surface area (Å²) in [4.78, 5) is 45.7. The van der Waals surface area contributed by atoms with Crippen molar-refractivity contribution < 1.29 is 24.3 Å². The third-order valence-electron chi connectivity index (χ3n) is 3.41. The summed E-state index contributed by atoms with van der Waals surface area (Å²) < 4.78 is 0. The van der Waals surface area contributed by atoms with E-state index in [2.05, 4.69) is 15.6 Å². The standard InChI is InChI=1S/C8H9NO2.C8H7NO2.C8H9NO/c2*1-6(10)9-7-2-4-8(11)5-3-7;1-7(10)9-8-5-3-2-4-6-8/h2-5,11H,1H3,(H,9,10);2-5H,1H3;2-6H,1H3,(H,9,10).